The van der Waals surface area contributed by atoms with Gasteiger partial charge in [-0.15, -0.1) is 0 Å². The second-order valence-electron chi connectivity index (χ2n) is 10.1. The molecule has 2 N–H and O–H groups in total. The summed E-state index contributed by atoms with van der Waals surface area (Å²) in [4.78, 5) is 18.2. The van der Waals surface area contributed by atoms with E-state index in [1.807, 2.05) is 60.8 Å². The van der Waals surface area contributed by atoms with Crippen molar-refractivity contribution >= 4 is 16.8 Å². The van der Waals surface area contributed by atoms with E-state index >= 15 is 0 Å². The van der Waals surface area contributed by atoms with E-state index in [0.29, 0.717) is 37.9 Å². The molecular formula is C30H27F6N3O. The molecule has 0 bridgehead atoms. The molecule has 0 unspecified atom stereocenters. The third kappa shape index (κ3) is 6.17. The summed E-state index contributed by atoms with van der Waals surface area (Å²) in [5.41, 5.74) is -0.604. The van der Waals surface area contributed by atoms with Gasteiger partial charge < -0.3 is 15.2 Å². The fourth-order valence-corrected chi connectivity index (χ4v) is 5.36. The van der Waals surface area contributed by atoms with E-state index in [2.05, 4.69) is 10.3 Å². The first-order chi connectivity index (χ1) is 19.0. The number of H-pyrrole nitrogens is 1. The SMILES string of the molecule is O=C(c1cc(C(F)(F)F)cc(C(F)(F)F)c1)N1CC[C@H](NCc2c[nH]c3ccccc23)C[C@H]1Cc1ccccc1. The Hall–Kier alpha value is -3.79. The number of para-hydroxylation sites is 1. The molecule has 4 aromatic rings. The molecular weight excluding hydrogens is 532 g/mol. The van der Waals surface area contributed by atoms with Gasteiger partial charge in [0.05, 0.1) is 11.1 Å². The van der Waals surface area contributed by atoms with Crippen LogP contribution in [0.4, 0.5) is 26.3 Å². The van der Waals surface area contributed by atoms with Gasteiger partial charge in [0.15, 0.2) is 0 Å². The van der Waals surface area contributed by atoms with Gasteiger partial charge in [0.1, 0.15) is 0 Å². The topological polar surface area (TPSA) is 48.1 Å². The summed E-state index contributed by atoms with van der Waals surface area (Å²) >= 11 is 0. The number of hydrogen-bond donors (Lipinski definition) is 2. The highest BCUT2D eigenvalue weighted by molar-refractivity contribution is 5.95. The van der Waals surface area contributed by atoms with Crippen LogP contribution in [0.2, 0.25) is 0 Å². The Bertz CT molecular complexity index is 1450. The van der Waals surface area contributed by atoms with Gasteiger partial charge in [-0.1, -0.05) is 48.5 Å². The number of halogens is 6. The van der Waals surface area contributed by atoms with Crippen LogP contribution < -0.4 is 5.32 Å². The van der Waals surface area contributed by atoms with Crippen molar-refractivity contribution in [2.45, 2.75) is 50.2 Å². The minimum atomic E-state index is -5.03. The third-order valence-electron chi connectivity index (χ3n) is 7.38. The summed E-state index contributed by atoms with van der Waals surface area (Å²) in [6.45, 7) is 0.767. The number of rotatable bonds is 6. The predicted molar refractivity (Wildman–Crippen MR) is 140 cm³/mol. The number of piperidine rings is 1. The lowest BCUT2D eigenvalue weighted by atomic mass is 9.91. The third-order valence-corrected chi connectivity index (χ3v) is 7.38. The molecule has 210 valence electrons. The zero-order valence-electron chi connectivity index (χ0n) is 21.3. The first-order valence-electron chi connectivity index (χ1n) is 12.9. The van der Waals surface area contributed by atoms with Crippen molar-refractivity contribution in [1.82, 2.24) is 15.2 Å². The van der Waals surface area contributed by atoms with Gasteiger partial charge in [-0.2, -0.15) is 26.3 Å². The lowest BCUT2D eigenvalue weighted by molar-refractivity contribution is -0.143. The van der Waals surface area contributed by atoms with Crippen LogP contribution in [0.25, 0.3) is 10.9 Å². The molecule has 1 aliphatic heterocycles. The lowest BCUT2D eigenvalue weighted by Gasteiger charge is -2.40. The highest BCUT2D eigenvalue weighted by Gasteiger charge is 2.39. The van der Waals surface area contributed by atoms with Crippen LogP contribution in [0, 0.1) is 0 Å². The van der Waals surface area contributed by atoms with E-state index in [-0.39, 0.29) is 18.7 Å². The first-order valence-corrected chi connectivity index (χ1v) is 12.9. The second-order valence-corrected chi connectivity index (χ2v) is 10.1. The quantitative estimate of drug-likeness (QED) is 0.245. The van der Waals surface area contributed by atoms with Gasteiger partial charge in [0.25, 0.3) is 5.91 Å². The van der Waals surface area contributed by atoms with Crippen molar-refractivity contribution in [2.75, 3.05) is 6.54 Å². The molecule has 1 amide bonds. The van der Waals surface area contributed by atoms with Crippen LogP contribution in [-0.4, -0.2) is 34.4 Å². The molecule has 4 nitrogen and oxygen atoms in total. The number of nitrogens with zero attached hydrogens (tertiary/aromatic N) is 1. The average molecular weight is 560 g/mol. The lowest BCUT2D eigenvalue weighted by Crippen LogP contribution is -2.51. The van der Waals surface area contributed by atoms with E-state index in [9.17, 15) is 31.1 Å². The molecule has 2 heterocycles. The van der Waals surface area contributed by atoms with Crippen molar-refractivity contribution in [3.63, 3.8) is 0 Å². The summed E-state index contributed by atoms with van der Waals surface area (Å²) in [5, 5.41) is 4.62. The first kappa shape index (κ1) is 27.8. The largest absolute Gasteiger partial charge is 0.416 e. The monoisotopic (exact) mass is 559 g/mol. The molecule has 2 atom stereocenters. The summed E-state index contributed by atoms with van der Waals surface area (Å²) < 4.78 is 80.7. The Kier molecular flexibility index (Phi) is 7.63. The molecule has 0 aliphatic carbocycles. The number of aromatic nitrogens is 1. The number of nitrogens with one attached hydrogen (secondary N) is 2. The average Bonchev–Trinajstić information content (AvgIpc) is 3.34. The Labute approximate surface area is 227 Å². The Morgan fingerprint density at radius 2 is 1.55 bits per heavy atom. The number of amides is 1. The number of hydrogen-bond acceptors (Lipinski definition) is 2. The molecule has 0 spiro atoms. The minimum Gasteiger partial charge on any atom is -0.361 e. The molecule has 0 radical (unpaired) electrons. The summed E-state index contributed by atoms with van der Waals surface area (Å²) in [5.74, 6) is -0.840. The smallest absolute Gasteiger partial charge is 0.361 e. The number of likely N-dealkylation sites (tertiary alicyclic amines) is 1. The maximum Gasteiger partial charge on any atom is 0.416 e. The van der Waals surface area contributed by atoms with E-state index in [1.165, 1.54) is 4.90 Å². The molecule has 1 saturated heterocycles. The van der Waals surface area contributed by atoms with E-state index in [0.717, 1.165) is 22.0 Å². The minimum absolute atomic E-state index is 0.00123. The van der Waals surface area contributed by atoms with Crippen LogP contribution in [0.15, 0.2) is 79.0 Å². The summed E-state index contributed by atoms with van der Waals surface area (Å²) in [7, 11) is 0. The van der Waals surface area contributed by atoms with Crippen LogP contribution in [0.5, 0.6) is 0 Å². The highest BCUT2D eigenvalue weighted by Crippen LogP contribution is 2.37. The Morgan fingerprint density at radius 3 is 2.23 bits per heavy atom. The van der Waals surface area contributed by atoms with Crippen molar-refractivity contribution < 1.29 is 31.1 Å². The van der Waals surface area contributed by atoms with Crippen LogP contribution in [0.1, 0.15) is 45.5 Å². The molecule has 40 heavy (non-hydrogen) atoms. The normalized spacial score (nSPS) is 18.3. The fraction of sp³-hybridized carbons (Fsp3) is 0.300. The highest BCUT2D eigenvalue weighted by atomic mass is 19.4. The van der Waals surface area contributed by atoms with E-state index in [4.69, 9.17) is 0 Å². The number of alkyl halides is 6. The van der Waals surface area contributed by atoms with Crippen molar-refractivity contribution in [2.24, 2.45) is 0 Å². The zero-order chi connectivity index (χ0) is 28.5. The standard InChI is InChI=1S/C30H27F6N3O/c31-29(32,33)22-13-20(14-23(15-22)30(34,35)36)28(40)39-11-10-24(16-25(39)12-19-6-2-1-3-7-19)37-17-21-18-38-27-9-5-4-8-26(21)27/h1-9,13-15,18,24-25,37-38H,10-12,16-17H2/t24-,25+/m0/s1. The fourth-order valence-electron chi connectivity index (χ4n) is 5.36. The van der Waals surface area contributed by atoms with Crippen molar-refractivity contribution in [1.29, 1.82) is 0 Å². The number of fused-ring (bicyclic) bond motifs is 1. The van der Waals surface area contributed by atoms with Crippen LogP contribution >= 0.6 is 0 Å². The van der Waals surface area contributed by atoms with Crippen molar-refractivity contribution in [3.8, 4) is 0 Å². The molecule has 1 aliphatic rings. The number of carbonyl (C=O) groups is 1. The summed E-state index contributed by atoms with van der Waals surface area (Å²) in [6, 6.07) is 17.9. The van der Waals surface area contributed by atoms with Crippen LogP contribution in [-0.2, 0) is 25.3 Å². The van der Waals surface area contributed by atoms with Gasteiger partial charge in [0.2, 0.25) is 0 Å². The summed E-state index contributed by atoms with van der Waals surface area (Å²) in [6.07, 6.45) is -6.71. The maximum absolute atomic E-state index is 13.5. The molecule has 1 aromatic heterocycles. The van der Waals surface area contributed by atoms with Gasteiger partial charge in [-0.05, 0) is 54.7 Å². The Morgan fingerprint density at radius 1 is 0.900 bits per heavy atom. The van der Waals surface area contributed by atoms with Crippen molar-refractivity contribution in [3.05, 3.63) is 107 Å². The Balaban J connectivity index is 1.39. The van der Waals surface area contributed by atoms with Gasteiger partial charge in [-0.3, -0.25) is 4.79 Å². The molecule has 1 fully saturated rings. The number of carbonyl (C=O) groups excluding carboxylic acids is 1. The van der Waals surface area contributed by atoms with E-state index < -0.39 is 41.0 Å². The molecule has 10 heteroatoms. The number of benzene rings is 3. The van der Waals surface area contributed by atoms with Gasteiger partial charge in [-0.25, -0.2) is 0 Å². The molecule has 5 rings (SSSR count). The maximum atomic E-state index is 13.5. The molecule has 0 saturated carbocycles. The van der Waals surface area contributed by atoms with E-state index in [1.54, 1.807) is 0 Å². The predicted octanol–water partition coefficient (Wildman–Crippen LogP) is 7.21. The number of aromatic amines is 1. The van der Waals surface area contributed by atoms with Gasteiger partial charge in [0, 0.05) is 47.8 Å². The zero-order valence-corrected chi connectivity index (χ0v) is 21.3. The van der Waals surface area contributed by atoms with Crippen LogP contribution in [0.3, 0.4) is 0 Å². The van der Waals surface area contributed by atoms with Gasteiger partial charge >= 0.3 is 12.4 Å². The second kappa shape index (κ2) is 11.0. The molecule has 3 aromatic carbocycles.